The third-order valence-corrected chi connectivity index (χ3v) is 4.55. The molecule has 1 heterocycles. The number of nitrogens with zero attached hydrogens (tertiary/aromatic N) is 2. The molecule has 0 aromatic heterocycles. The Hall–Kier alpha value is -0.160. The van der Waals surface area contributed by atoms with Crippen molar-refractivity contribution >= 4 is 0 Å². The molecule has 1 aliphatic carbocycles. The SMILES string of the molecule is CCCN(CC1CN(C)CCO1)C1CCC(N)CC1. The molecule has 0 bridgehead atoms. The van der Waals surface area contributed by atoms with Crippen molar-refractivity contribution in [3.05, 3.63) is 0 Å². The molecule has 2 aliphatic rings. The molecule has 112 valence electrons. The third kappa shape index (κ3) is 4.71. The van der Waals surface area contributed by atoms with Gasteiger partial charge in [0, 0.05) is 31.7 Å². The molecule has 19 heavy (non-hydrogen) atoms. The summed E-state index contributed by atoms with van der Waals surface area (Å²) >= 11 is 0. The van der Waals surface area contributed by atoms with Crippen molar-refractivity contribution in [3.63, 3.8) is 0 Å². The summed E-state index contributed by atoms with van der Waals surface area (Å²) in [6, 6.07) is 1.17. The van der Waals surface area contributed by atoms with E-state index in [4.69, 9.17) is 10.5 Å². The maximum atomic E-state index is 6.02. The van der Waals surface area contributed by atoms with Gasteiger partial charge in [0.1, 0.15) is 0 Å². The van der Waals surface area contributed by atoms with Crippen LogP contribution < -0.4 is 5.73 Å². The molecule has 4 nitrogen and oxygen atoms in total. The van der Waals surface area contributed by atoms with Gasteiger partial charge in [0.2, 0.25) is 0 Å². The van der Waals surface area contributed by atoms with Crippen molar-refractivity contribution in [2.24, 2.45) is 5.73 Å². The van der Waals surface area contributed by atoms with Gasteiger partial charge in [0.05, 0.1) is 12.7 Å². The van der Waals surface area contributed by atoms with Crippen LogP contribution in [0.5, 0.6) is 0 Å². The number of likely N-dealkylation sites (N-methyl/N-ethyl adjacent to an activating group) is 1. The summed E-state index contributed by atoms with van der Waals surface area (Å²) in [5.74, 6) is 0. The average Bonchev–Trinajstić information content (AvgIpc) is 2.39. The van der Waals surface area contributed by atoms with Crippen molar-refractivity contribution < 1.29 is 4.74 Å². The van der Waals surface area contributed by atoms with Crippen molar-refractivity contribution in [3.8, 4) is 0 Å². The lowest BCUT2D eigenvalue weighted by atomic mass is 9.90. The van der Waals surface area contributed by atoms with E-state index < -0.39 is 0 Å². The second-order valence-corrected chi connectivity index (χ2v) is 6.32. The second kappa shape index (κ2) is 7.58. The van der Waals surface area contributed by atoms with Gasteiger partial charge in [-0.1, -0.05) is 6.92 Å². The van der Waals surface area contributed by atoms with E-state index in [0.717, 1.165) is 32.3 Å². The molecular weight excluding hydrogens is 238 g/mol. The van der Waals surface area contributed by atoms with E-state index in [9.17, 15) is 0 Å². The molecule has 2 N–H and O–H groups in total. The first-order valence-corrected chi connectivity index (χ1v) is 7.98. The molecule has 0 aromatic carbocycles. The average molecular weight is 269 g/mol. The number of ether oxygens (including phenoxy) is 1. The number of hydrogen-bond donors (Lipinski definition) is 1. The monoisotopic (exact) mass is 269 g/mol. The summed E-state index contributed by atoms with van der Waals surface area (Å²) in [6.45, 7) is 7.60. The van der Waals surface area contributed by atoms with Gasteiger partial charge >= 0.3 is 0 Å². The number of morpholine rings is 1. The van der Waals surface area contributed by atoms with Gasteiger partial charge in [-0.05, 0) is 45.7 Å². The third-order valence-electron chi connectivity index (χ3n) is 4.55. The molecule has 0 amide bonds. The summed E-state index contributed by atoms with van der Waals surface area (Å²) in [6.07, 6.45) is 6.53. The molecule has 0 spiro atoms. The minimum atomic E-state index is 0.390. The largest absolute Gasteiger partial charge is 0.374 e. The highest BCUT2D eigenvalue weighted by Crippen LogP contribution is 2.23. The summed E-state index contributed by atoms with van der Waals surface area (Å²) in [5.41, 5.74) is 6.02. The van der Waals surface area contributed by atoms with E-state index in [1.165, 1.54) is 38.6 Å². The molecular formula is C15H31N3O. The fourth-order valence-electron chi connectivity index (χ4n) is 3.42. The fraction of sp³-hybridized carbons (Fsp3) is 1.00. The zero-order valence-electron chi connectivity index (χ0n) is 12.7. The molecule has 0 radical (unpaired) electrons. The first-order valence-electron chi connectivity index (χ1n) is 7.98. The van der Waals surface area contributed by atoms with Crippen LogP contribution in [0.15, 0.2) is 0 Å². The molecule has 1 saturated carbocycles. The van der Waals surface area contributed by atoms with Crippen molar-refractivity contribution in [2.45, 2.75) is 57.2 Å². The molecule has 1 unspecified atom stereocenters. The quantitative estimate of drug-likeness (QED) is 0.817. The van der Waals surface area contributed by atoms with Crippen LogP contribution in [0.4, 0.5) is 0 Å². The van der Waals surface area contributed by atoms with Crippen LogP contribution in [-0.4, -0.2) is 67.8 Å². The van der Waals surface area contributed by atoms with E-state index in [1.54, 1.807) is 0 Å². The van der Waals surface area contributed by atoms with E-state index in [0.29, 0.717) is 12.1 Å². The highest BCUT2D eigenvalue weighted by atomic mass is 16.5. The Morgan fingerprint density at radius 1 is 1.26 bits per heavy atom. The normalized spacial score (nSPS) is 33.8. The highest BCUT2D eigenvalue weighted by Gasteiger charge is 2.27. The smallest absolute Gasteiger partial charge is 0.0829 e. The van der Waals surface area contributed by atoms with Crippen LogP contribution in [0.25, 0.3) is 0 Å². The van der Waals surface area contributed by atoms with Crippen LogP contribution in [0, 0.1) is 0 Å². The number of hydrogen-bond acceptors (Lipinski definition) is 4. The summed E-state index contributed by atoms with van der Waals surface area (Å²) in [4.78, 5) is 5.05. The Morgan fingerprint density at radius 2 is 2.00 bits per heavy atom. The van der Waals surface area contributed by atoms with Gasteiger partial charge in [-0.25, -0.2) is 0 Å². The standard InChI is InChI=1S/C15H31N3O/c1-3-8-18(14-6-4-13(16)5-7-14)12-15-11-17(2)9-10-19-15/h13-15H,3-12,16H2,1-2H3. The lowest BCUT2D eigenvalue weighted by Crippen LogP contribution is -2.50. The molecule has 0 aromatic rings. The summed E-state index contributed by atoms with van der Waals surface area (Å²) in [7, 11) is 2.19. The van der Waals surface area contributed by atoms with Gasteiger partial charge in [-0.15, -0.1) is 0 Å². The molecule has 1 aliphatic heterocycles. The van der Waals surface area contributed by atoms with Crippen LogP contribution in [0.3, 0.4) is 0 Å². The molecule has 1 saturated heterocycles. The van der Waals surface area contributed by atoms with Crippen molar-refractivity contribution in [1.82, 2.24) is 9.80 Å². The summed E-state index contributed by atoms with van der Waals surface area (Å²) < 4.78 is 5.93. The maximum Gasteiger partial charge on any atom is 0.0829 e. The Balaban J connectivity index is 1.84. The molecule has 4 heteroatoms. The van der Waals surface area contributed by atoms with E-state index in [2.05, 4.69) is 23.8 Å². The predicted molar refractivity (Wildman–Crippen MR) is 79.3 cm³/mol. The lowest BCUT2D eigenvalue weighted by molar-refractivity contribution is -0.0439. The molecule has 1 atom stereocenters. The van der Waals surface area contributed by atoms with E-state index in [-0.39, 0.29) is 0 Å². The van der Waals surface area contributed by atoms with Gasteiger partial charge in [0.25, 0.3) is 0 Å². The first kappa shape index (κ1) is 15.2. The van der Waals surface area contributed by atoms with Crippen molar-refractivity contribution in [2.75, 3.05) is 39.8 Å². The first-order chi connectivity index (χ1) is 9.19. The van der Waals surface area contributed by atoms with Gasteiger partial charge in [-0.3, -0.25) is 4.90 Å². The number of rotatable bonds is 5. The topological polar surface area (TPSA) is 41.7 Å². The minimum absolute atomic E-state index is 0.390. The lowest BCUT2D eigenvalue weighted by Gasteiger charge is -2.39. The van der Waals surface area contributed by atoms with Crippen LogP contribution >= 0.6 is 0 Å². The minimum Gasteiger partial charge on any atom is -0.374 e. The van der Waals surface area contributed by atoms with Crippen LogP contribution in [0.2, 0.25) is 0 Å². The maximum absolute atomic E-state index is 6.02. The van der Waals surface area contributed by atoms with E-state index in [1.807, 2.05) is 0 Å². The van der Waals surface area contributed by atoms with Crippen molar-refractivity contribution in [1.29, 1.82) is 0 Å². The Morgan fingerprint density at radius 3 is 2.63 bits per heavy atom. The van der Waals surface area contributed by atoms with Gasteiger partial charge < -0.3 is 15.4 Å². The highest BCUT2D eigenvalue weighted by molar-refractivity contribution is 4.83. The van der Waals surface area contributed by atoms with Gasteiger partial charge in [-0.2, -0.15) is 0 Å². The molecule has 2 rings (SSSR count). The van der Waals surface area contributed by atoms with Gasteiger partial charge in [0.15, 0.2) is 0 Å². The second-order valence-electron chi connectivity index (χ2n) is 6.32. The Kier molecular flexibility index (Phi) is 6.07. The predicted octanol–water partition coefficient (Wildman–Crippen LogP) is 1.30. The summed E-state index contributed by atoms with van der Waals surface area (Å²) in [5, 5.41) is 0. The van der Waals surface area contributed by atoms with Crippen LogP contribution in [0.1, 0.15) is 39.0 Å². The number of nitrogens with two attached hydrogens (primary N) is 1. The fourth-order valence-corrected chi connectivity index (χ4v) is 3.42. The molecule has 2 fully saturated rings. The zero-order valence-corrected chi connectivity index (χ0v) is 12.7. The van der Waals surface area contributed by atoms with E-state index >= 15 is 0 Å². The Labute approximate surface area is 118 Å². The zero-order chi connectivity index (χ0) is 13.7. The van der Waals surface area contributed by atoms with Crippen LogP contribution in [-0.2, 0) is 4.74 Å². The Bertz CT molecular complexity index is 254.